The molecule has 0 fully saturated rings. The number of carbonyl (C=O) groups is 2. The molecule has 3 nitrogen and oxygen atoms in total. The summed E-state index contributed by atoms with van der Waals surface area (Å²) in [6.07, 6.45) is 0. The number of benzene rings is 1. The summed E-state index contributed by atoms with van der Waals surface area (Å²) in [5, 5.41) is 0.131. The van der Waals surface area contributed by atoms with Crippen LogP contribution >= 0.6 is 11.6 Å². The molecule has 0 aliphatic carbocycles. The van der Waals surface area contributed by atoms with Crippen LogP contribution in [0.4, 0.5) is 8.78 Å². The van der Waals surface area contributed by atoms with Crippen molar-refractivity contribution >= 4 is 23.4 Å². The van der Waals surface area contributed by atoms with Crippen LogP contribution in [0.25, 0.3) is 0 Å². The van der Waals surface area contributed by atoms with Crippen LogP contribution in [0.15, 0.2) is 24.3 Å². The fourth-order valence-corrected chi connectivity index (χ4v) is 1.22. The van der Waals surface area contributed by atoms with Gasteiger partial charge in [-0.25, -0.2) is 4.79 Å². The zero-order valence-electron chi connectivity index (χ0n) is 8.17. The van der Waals surface area contributed by atoms with Gasteiger partial charge >= 0.3 is 11.9 Å². The zero-order chi connectivity index (χ0) is 12.3. The number of hydrogen-bond acceptors (Lipinski definition) is 3. The second-order valence-electron chi connectivity index (χ2n) is 2.91. The monoisotopic (exact) mass is 248 g/mol. The summed E-state index contributed by atoms with van der Waals surface area (Å²) in [5.74, 6) is -7.72. The van der Waals surface area contributed by atoms with Gasteiger partial charge in [-0.15, -0.1) is 0 Å². The molecule has 1 aromatic rings. The van der Waals surface area contributed by atoms with Crippen molar-refractivity contribution in [1.29, 1.82) is 0 Å². The minimum Gasteiger partial charge on any atom is -0.464 e. The number of rotatable bonds is 3. The van der Waals surface area contributed by atoms with Gasteiger partial charge in [-0.3, -0.25) is 4.79 Å². The lowest BCUT2D eigenvalue weighted by atomic mass is 10.1. The predicted molar refractivity (Wildman–Crippen MR) is 52.7 cm³/mol. The maximum atomic E-state index is 13.2. The van der Waals surface area contributed by atoms with Crippen molar-refractivity contribution in [2.75, 3.05) is 7.11 Å². The number of halogens is 3. The molecule has 86 valence electrons. The normalized spacial score (nSPS) is 11.0. The van der Waals surface area contributed by atoms with Crippen molar-refractivity contribution in [2.45, 2.75) is 5.92 Å². The molecule has 0 spiro atoms. The molecular formula is C10H7ClF2O3. The lowest BCUT2D eigenvalue weighted by Gasteiger charge is -2.12. The first-order valence-electron chi connectivity index (χ1n) is 4.16. The molecule has 0 aliphatic rings. The number of carbonyl (C=O) groups excluding carboxylic acids is 2. The van der Waals surface area contributed by atoms with Crippen LogP contribution in [0.2, 0.25) is 5.02 Å². The third-order valence-corrected chi connectivity index (χ3v) is 2.05. The van der Waals surface area contributed by atoms with E-state index in [-0.39, 0.29) is 10.6 Å². The summed E-state index contributed by atoms with van der Waals surface area (Å²) in [6, 6.07) is 4.96. The van der Waals surface area contributed by atoms with Crippen molar-refractivity contribution in [1.82, 2.24) is 0 Å². The second kappa shape index (κ2) is 4.57. The maximum Gasteiger partial charge on any atom is 0.404 e. The largest absolute Gasteiger partial charge is 0.464 e. The van der Waals surface area contributed by atoms with Crippen LogP contribution in [0.5, 0.6) is 0 Å². The highest BCUT2D eigenvalue weighted by Gasteiger charge is 2.48. The van der Waals surface area contributed by atoms with Crippen LogP contribution in [0.1, 0.15) is 10.4 Å². The molecule has 1 aromatic carbocycles. The first-order valence-corrected chi connectivity index (χ1v) is 4.54. The fraction of sp³-hybridized carbons (Fsp3) is 0.200. The van der Waals surface area contributed by atoms with Crippen molar-refractivity contribution < 1.29 is 23.1 Å². The Balaban J connectivity index is 3.07. The van der Waals surface area contributed by atoms with Crippen molar-refractivity contribution in [3.63, 3.8) is 0 Å². The molecule has 0 aromatic heterocycles. The van der Waals surface area contributed by atoms with Gasteiger partial charge in [0.15, 0.2) is 0 Å². The third-order valence-electron chi connectivity index (χ3n) is 1.81. The number of ketones is 1. The Morgan fingerprint density at radius 2 is 2.00 bits per heavy atom. The van der Waals surface area contributed by atoms with Gasteiger partial charge in [0.05, 0.1) is 7.11 Å². The van der Waals surface area contributed by atoms with Crippen molar-refractivity contribution in [2.24, 2.45) is 0 Å². The molecule has 1 rings (SSSR count). The lowest BCUT2D eigenvalue weighted by molar-refractivity contribution is -0.161. The highest BCUT2D eigenvalue weighted by Crippen LogP contribution is 2.23. The topological polar surface area (TPSA) is 43.4 Å². The summed E-state index contributed by atoms with van der Waals surface area (Å²) in [4.78, 5) is 22.0. The van der Waals surface area contributed by atoms with E-state index in [4.69, 9.17) is 11.6 Å². The van der Waals surface area contributed by atoms with E-state index in [1.165, 1.54) is 12.1 Å². The molecular weight excluding hydrogens is 242 g/mol. The van der Waals surface area contributed by atoms with E-state index in [2.05, 4.69) is 4.74 Å². The smallest absolute Gasteiger partial charge is 0.404 e. The van der Waals surface area contributed by atoms with E-state index in [9.17, 15) is 18.4 Å². The van der Waals surface area contributed by atoms with Crippen molar-refractivity contribution in [3.8, 4) is 0 Å². The first-order chi connectivity index (χ1) is 7.39. The molecule has 0 saturated carbocycles. The summed E-state index contributed by atoms with van der Waals surface area (Å²) >= 11 is 5.54. The molecule has 0 atom stereocenters. The summed E-state index contributed by atoms with van der Waals surface area (Å²) in [6.45, 7) is 0. The standard InChI is InChI=1S/C10H7ClF2O3/c1-16-9(15)10(12,13)8(14)6-3-2-4-7(11)5-6/h2-5H,1H3. The molecule has 0 unspecified atom stereocenters. The van der Waals surface area contributed by atoms with Gasteiger partial charge < -0.3 is 4.74 Å². The number of alkyl halides is 2. The summed E-state index contributed by atoms with van der Waals surface area (Å²) in [7, 11) is 0.779. The summed E-state index contributed by atoms with van der Waals surface area (Å²) < 4.78 is 30.2. The van der Waals surface area contributed by atoms with E-state index >= 15 is 0 Å². The van der Waals surface area contributed by atoms with Crippen LogP contribution in [0.3, 0.4) is 0 Å². The Hall–Kier alpha value is -1.49. The van der Waals surface area contributed by atoms with Gasteiger partial charge in [-0.2, -0.15) is 8.78 Å². The number of methoxy groups -OCH3 is 1. The Morgan fingerprint density at radius 1 is 1.38 bits per heavy atom. The zero-order valence-corrected chi connectivity index (χ0v) is 8.92. The van der Waals surface area contributed by atoms with Gasteiger partial charge in [0.2, 0.25) is 5.78 Å². The molecule has 0 bridgehead atoms. The van der Waals surface area contributed by atoms with Gasteiger partial charge in [-0.1, -0.05) is 23.7 Å². The average Bonchev–Trinajstić information content (AvgIpc) is 2.26. The average molecular weight is 249 g/mol. The van der Waals surface area contributed by atoms with Gasteiger partial charge in [0, 0.05) is 10.6 Å². The minimum absolute atomic E-state index is 0.131. The number of ether oxygens (including phenoxy) is 1. The van der Waals surface area contributed by atoms with Crippen LogP contribution in [0, 0.1) is 0 Å². The molecule has 0 saturated heterocycles. The highest BCUT2D eigenvalue weighted by atomic mass is 35.5. The van der Waals surface area contributed by atoms with Crippen LogP contribution in [-0.4, -0.2) is 24.8 Å². The van der Waals surface area contributed by atoms with E-state index in [1.807, 2.05) is 0 Å². The molecule has 0 N–H and O–H groups in total. The quantitative estimate of drug-likeness (QED) is 0.468. The SMILES string of the molecule is COC(=O)C(F)(F)C(=O)c1cccc(Cl)c1. The molecule has 16 heavy (non-hydrogen) atoms. The lowest BCUT2D eigenvalue weighted by Crippen LogP contribution is -2.38. The van der Waals surface area contributed by atoms with Gasteiger partial charge in [0.25, 0.3) is 0 Å². The number of esters is 1. The predicted octanol–water partition coefficient (Wildman–Crippen LogP) is 2.33. The number of hydrogen-bond donors (Lipinski definition) is 0. The Bertz CT molecular complexity index is 432. The van der Waals surface area contributed by atoms with Crippen LogP contribution < -0.4 is 0 Å². The Morgan fingerprint density at radius 3 is 2.50 bits per heavy atom. The van der Waals surface area contributed by atoms with Gasteiger partial charge in [-0.05, 0) is 12.1 Å². The molecule has 0 radical (unpaired) electrons. The second-order valence-corrected chi connectivity index (χ2v) is 3.34. The summed E-state index contributed by atoms with van der Waals surface area (Å²) in [5.41, 5.74) is -0.345. The van der Waals surface area contributed by atoms with Gasteiger partial charge in [0.1, 0.15) is 0 Å². The highest BCUT2D eigenvalue weighted by molar-refractivity contribution is 6.31. The van der Waals surface area contributed by atoms with E-state index in [0.29, 0.717) is 0 Å². The number of Topliss-reactive ketones (excluding diaryl/α,β-unsaturated/α-hetero) is 1. The molecule has 0 aliphatic heterocycles. The first kappa shape index (κ1) is 12.6. The minimum atomic E-state index is -4.20. The Kier molecular flexibility index (Phi) is 3.59. The van der Waals surface area contributed by atoms with E-state index in [1.54, 1.807) is 0 Å². The fourth-order valence-electron chi connectivity index (χ4n) is 1.03. The third kappa shape index (κ3) is 2.36. The Labute approximate surface area is 95.0 Å². The van der Waals surface area contributed by atoms with E-state index < -0.39 is 17.7 Å². The molecule has 6 heteroatoms. The molecule has 0 amide bonds. The molecule has 0 heterocycles. The maximum absolute atomic E-state index is 13.2. The van der Waals surface area contributed by atoms with Crippen molar-refractivity contribution in [3.05, 3.63) is 34.9 Å². The van der Waals surface area contributed by atoms with Crippen LogP contribution in [-0.2, 0) is 9.53 Å². The van der Waals surface area contributed by atoms with E-state index in [0.717, 1.165) is 19.2 Å².